The van der Waals surface area contributed by atoms with Crippen LogP contribution < -0.4 is 14.8 Å². The second kappa shape index (κ2) is 6.49. The van der Waals surface area contributed by atoms with Crippen molar-refractivity contribution in [3.05, 3.63) is 47.0 Å². The van der Waals surface area contributed by atoms with Crippen molar-refractivity contribution in [1.29, 1.82) is 0 Å². The van der Waals surface area contributed by atoms with Crippen molar-refractivity contribution < 1.29 is 14.3 Å². The number of nitrogens with zero attached hydrogens (tertiary/aromatic N) is 1. The van der Waals surface area contributed by atoms with Crippen LogP contribution in [0.25, 0.3) is 10.2 Å². The molecule has 1 amide bonds. The number of aryl methyl sites for hydroxylation is 2. The molecule has 1 aromatic heterocycles. The quantitative estimate of drug-likeness (QED) is 0.772. The number of rotatable bonds is 4. The first kappa shape index (κ1) is 16.3. The second-order valence-corrected chi connectivity index (χ2v) is 6.50. The first-order valence-corrected chi connectivity index (χ1v) is 8.24. The van der Waals surface area contributed by atoms with Crippen molar-refractivity contribution in [3.8, 4) is 11.5 Å². The molecule has 0 aliphatic heterocycles. The molecular formula is C18H18N2O3S. The summed E-state index contributed by atoms with van der Waals surface area (Å²) in [4.78, 5) is 17.0. The van der Waals surface area contributed by atoms with Crippen LogP contribution in [0.3, 0.4) is 0 Å². The van der Waals surface area contributed by atoms with E-state index in [0.717, 1.165) is 21.3 Å². The van der Waals surface area contributed by atoms with Gasteiger partial charge in [-0.2, -0.15) is 0 Å². The topological polar surface area (TPSA) is 60.5 Å². The Labute approximate surface area is 144 Å². The molecule has 0 aliphatic rings. The highest BCUT2D eigenvalue weighted by Gasteiger charge is 2.13. The molecule has 1 heterocycles. The molecule has 1 N–H and O–H groups in total. The van der Waals surface area contributed by atoms with Crippen LogP contribution in [0.5, 0.6) is 11.5 Å². The van der Waals surface area contributed by atoms with E-state index in [4.69, 9.17) is 9.47 Å². The standard InChI is InChI=1S/C18H18N2O3S/c1-10-5-11(2)16-15(6-10)19-18(24-16)20-17(21)12-7-13(22-3)9-14(8-12)23-4/h5-9H,1-4H3,(H,19,20,21). The van der Waals surface area contributed by atoms with Gasteiger partial charge in [0.1, 0.15) is 11.5 Å². The summed E-state index contributed by atoms with van der Waals surface area (Å²) in [6.07, 6.45) is 0. The largest absolute Gasteiger partial charge is 0.497 e. The fourth-order valence-electron chi connectivity index (χ4n) is 2.54. The number of benzene rings is 2. The summed E-state index contributed by atoms with van der Waals surface area (Å²) in [5.41, 5.74) is 3.67. The van der Waals surface area contributed by atoms with Gasteiger partial charge in [-0.25, -0.2) is 4.98 Å². The monoisotopic (exact) mass is 342 g/mol. The molecule has 3 rings (SSSR count). The zero-order chi connectivity index (χ0) is 17.3. The number of carbonyl (C=O) groups excluding carboxylic acids is 1. The fraction of sp³-hybridized carbons (Fsp3) is 0.222. The number of methoxy groups -OCH3 is 2. The van der Waals surface area contributed by atoms with Gasteiger partial charge in [0.15, 0.2) is 5.13 Å². The van der Waals surface area contributed by atoms with E-state index in [9.17, 15) is 4.79 Å². The van der Waals surface area contributed by atoms with Crippen LogP contribution in [0.1, 0.15) is 21.5 Å². The predicted octanol–water partition coefficient (Wildman–Crippen LogP) is 4.18. The second-order valence-electron chi connectivity index (χ2n) is 5.50. The predicted molar refractivity (Wildman–Crippen MR) is 96.6 cm³/mol. The zero-order valence-electron chi connectivity index (χ0n) is 14.0. The van der Waals surface area contributed by atoms with Gasteiger partial charge in [-0.3, -0.25) is 10.1 Å². The highest BCUT2D eigenvalue weighted by Crippen LogP contribution is 2.30. The van der Waals surface area contributed by atoms with Crippen molar-refractivity contribution >= 4 is 32.6 Å². The Hall–Kier alpha value is -2.60. The molecule has 6 heteroatoms. The number of amides is 1. The van der Waals surface area contributed by atoms with Crippen LogP contribution in [-0.4, -0.2) is 25.1 Å². The number of ether oxygens (including phenoxy) is 2. The van der Waals surface area contributed by atoms with Crippen molar-refractivity contribution in [2.45, 2.75) is 13.8 Å². The molecule has 3 aromatic rings. The van der Waals surface area contributed by atoms with Crippen molar-refractivity contribution in [2.24, 2.45) is 0 Å². The molecule has 124 valence electrons. The third kappa shape index (κ3) is 3.19. The summed E-state index contributed by atoms with van der Waals surface area (Å²) >= 11 is 1.47. The Morgan fingerprint density at radius 1 is 1.04 bits per heavy atom. The molecule has 0 spiro atoms. The van der Waals surface area contributed by atoms with Crippen LogP contribution in [0.2, 0.25) is 0 Å². The van der Waals surface area contributed by atoms with Crippen LogP contribution >= 0.6 is 11.3 Å². The lowest BCUT2D eigenvalue weighted by Gasteiger charge is -2.07. The van der Waals surface area contributed by atoms with Gasteiger partial charge in [-0.05, 0) is 43.2 Å². The number of nitrogens with one attached hydrogen (secondary N) is 1. The van der Waals surface area contributed by atoms with Gasteiger partial charge in [-0.15, -0.1) is 0 Å². The molecule has 0 saturated carbocycles. The smallest absolute Gasteiger partial charge is 0.257 e. The number of hydrogen-bond acceptors (Lipinski definition) is 5. The fourth-order valence-corrected chi connectivity index (χ4v) is 3.45. The molecule has 24 heavy (non-hydrogen) atoms. The molecular weight excluding hydrogens is 324 g/mol. The summed E-state index contributed by atoms with van der Waals surface area (Å²) < 4.78 is 11.5. The van der Waals surface area contributed by atoms with Gasteiger partial charge < -0.3 is 9.47 Å². The molecule has 0 fully saturated rings. The molecule has 2 aromatic carbocycles. The van der Waals surface area contributed by atoms with Crippen LogP contribution in [0.15, 0.2) is 30.3 Å². The normalized spacial score (nSPS) is 10.7. The average molecular weight is 342 g/mol. The van der Waals surface area contributed by atoms with E-state index in [0.29, 0.717) is 22.2 Å². The SMILES string of the molecule is COc1cc(OC)cc(C(=O)Nc2nc3cc(C)cc(C)c3s2)c1. The lowest BCUT2D eigenvalue weighted by atomic mass is 10.1. The highest BCUT2D eigenvalue weighted by molar-refractivity contribution is 7.22. The Kier molecular flexibility index (Phi) is 4.40. The van der Waals surface area contributed by atoms with Crippen molar-refractivity contribution in [3.63, 3.8) is 0 Å². The third-order valence-electron chi connectivity index (χ3n) is 3.65. The van der Waals surface area contributed by atoms with Gasteiger partial charge in [0.25, 0.3) is 5.91 Å². The zero-order valence-corrected chi connectivity index (χ0v) is 14.8. The summed E-state index contributed by atoms with van der Waals surface area (Å²) in [7, 11) is 3.10. The average Bonchev–Trinajstić information content (AvgIpc) is 2.96. The van der Waals surface area contributed by atoms with Gasteiger partial charge in [0.05, 0.1) is 24.4 Å². The minimum absolute atomic E-state index is 0.249. The molecule has 0 radical (unpaired) electrons. The number of anilines is 1. The van der Waals surface area contributed by atoms with Crippen molar-refractivity contribution in [1.82, 2.24) is 4.98 Å². The Balaban J connectivity index is 1.91. The number of fused-ring (bicyclic) bond motifs is 1. The van der Waals surface area contributed by atoms with Crippen LogP contribution in [-0.2, 0) is 0 Å². The minimum atomic E-state index is -0.249. The van der Waals surface area contributed by atoms with E-state index in [1.165, 1.54) is 11.3 Å². The number of aromatic nitrogens is 1. The molecule has 5 nitrogen and oxygen atoms in total. The van der Waals surface area contributed by atoms with Gasteiger partial charge in [0, 0.05) is 11.6 Å². The number of carbonyl (C=O) groups is 1. The van der Waals surface area contributed by atoms with Crippen molar-refractivity contribution in [2.75, 3.05) is 19.5 Å². The van der Waals surface area contributed by atoms with E-state index in [1.807, 2.05) is 19.9 Å². The summed E-state index contributed by atoms with van der Waals surface area (Å²) in [6, 6.07) is 9.18. The van der Waals surface area contributed by atoms with E-state index >= 15 is 0 Å². The van der Waals surface area contributed by atoms with E-state index in [1.54, 1.807) is 32.4 Å². The lowest BCUT2D eigenvalue weighted by molar-refractivity contribution is 0.102. The van der Waals surface area contributed by atoms with Gasteiger partial charge >= 0.3 is 0 Å². The lowest BCUT2D eigenvalue weighted by Crippen LogP contribution is -2.12. The van der Waals surface area contributed by atoms with Crippen LogP contribution in [0, 0.1) is 13.8 Å². The van der Waals surface area contributed by atoms with E-state index < -0.39 is 0 Å². The minimum Gasteiger partial charge on any atom is -0.497 e. The number of hydrogen-bond donors (Lipinski definition) is 1. The maximum Gasteiger partial charge on any atom is 0.257 e. The van der Waals surface area contributed by atoms with Crippen LogP contribution in [0.4, 0.5) is 5.13 Å². The number of thiazole rings is 1. The molecule has 0 atom stereocenters. The molecule has 0 saturated heterocycles. The maximum absolute atomic E-state index is 12.5. The van der Waals surface area contributed by atoms with Gasteiger partial charge in [0.2, 0.25) is 0 Å². The first-order valence-electron chi connectivity index (χ1n) is 7.42. The highest BCUT2D eigenvalue weighted by atomic mass is 32.1. The third-order valence-corrected chi connectivity index (χ3v) is 4.78. The summed E-state index contributed by atoms with van der Waals surface area (Å²) in [5, 5.41) is 3.43. The summed E-state index contributed by atoms with van der Waals surface area (Å²) in [5.74, 6) is 0.881. The Bertz CT molecular complexity index is 896. The molecule has 0 bridgehead atoms. The Morgan fingerprint density at radius 3 is 2.33 bits per heavy atom. The van der Waals surface area contributed by atoms with Gasteiger partial charge in [-0.1, -0.05) is 17.4 Å². The molecule has 0 aliphatic carbocycles. The molecule has 0 unspecified atom stereocenters. The first-order chi connectivity index (χ1) is 11.5. The van der Waals surface area contributed by atoms with E-state index in [-0.39, 0.29) is 5.91 Å². The maximum atomic E-state index is 12.5. The Morgan fingerprint density at radius 2 is 1.71 bits per heavy atom. The van der Waals surface area contributed by atoms with E-state index in [2.05, 4.69) is 16.4 Å². The summed E-state index contributed by atoms with van der Waals surface area (Å²) in [6.45, 7) is 4.08.